The highest BCUT2D eigenvalue weighted by Crippen LogP contribution is 2.20. The molecule has 0 aliphatic carbocycles. The van der Waals surface area contributed by atoms with E-state index in [1.807, 2.05) is 18.4 Å². The summed E-state index contributed by atoms with van der Waals surface area (Å²) in [6.45, 7) is 7.75. The molecule has 0 aromatic carbocycles. The van der Waals surface area contributed by atoms with Crippen molar-refractivity contribution >= 4 is 17.3 Å². The minimum Gasteiger partial charge on any atom is -0.379 e. The van der Waals surface area contributed by atoms with Crippen molar-refractivity contribution in [3.05, 3.63) is 22.4 Å². The molecule has 0 amide bonds. The smallest absolute Gasteiger partial charge is 0.190 e. The van der Waals surface area contributed by atoms with Gasteiger partial charge in [0.1, 0.15) is 0 Å². The second-order valence-corrected chi connectivity index (χ2v) is 8.42. The van der Waals surface area contributed by atoms with Crippen LogP contribution in [-0.4, -0.2) is 70.0 Å². The van der Waals surface area contributed by atoms with E-state index in [0.29, 0.717) is 6.10 Å². The van der Waals surface area contributed by atoms with E-state index in [0.717, 1.165) is 64.2 Å². The van der Waals surface area contributed by atoms with Crippen molar-refractivity contribution in [2.45, 2.75) is 38.3 Å². The van der Waals surface area contributed by atoms with E-state index in [-0.39, 0.29) is 0 Å². The fourth-order valence-corrected chi connectivity index (χ4v) is 4.35. The Morgan fingerprint density at radius 3 is 2.93 bits per heavy atom. The minimum absolute atomic E-state index is 0.299. The topological polar surface area (TPSA) is 58.1 Å². The zero-order valence-corrected chi connectivity index (χ0v) is 17.3. The zero-order chi connectivity index (χ0) is 18.7. The highest BCUT2D eigenvalue weighted by Gasteiger charge is 2.19. The number of rotatable bonds is 9. The van der Waals surface area contributed by atoms with Crippen molar-refractivity contribution in [1.29, 1.82) is 0 Å². The summed E-state index contributed by atoms with van der Waals surface area (Å²) in [4.78, 5) is 8.38. The van der Waals surface area contributed by atoms with Gasteiger partial charge >= 0.3 is 0 Å². The Labute approximate surface area is 167 Å². The molecule has 2 saturated heterocycles. The van der Waals surface area contributed by atoms with Gasteiger partial charge < -0.3 is 20.1 Å². The number of hydrogen-bond acceptors (Lipinski definition) is 5. The number of likely N-dealkylation sites (tertiary alicyclic amines) is 1. The molecule has 6 nitrogen and oxygen atoms in total. The number of piperidine rings is 1. The van der Waals surface area contributed by atoms with Gasteiger partial charge in [-0.05, 0) is 56.1 Å². The molecule has 152 valence electrons. The molecule has 3 rings (SSSR count). The average Bonchev–Trinajstić information content (AvgIpc) is 3.39. The Hall–Kier alpha value is -1.15. The lowest BCUT2D eigenvalue weighted by Gasteiger charge is -2.32. The van der Waals surface area contributed by atoms with Gasteiger partial charge in [0.05, 0.1) is 12.7 Å². The van der Waals surface area contributed by atoms with E-state index in [9.17, 15) is 0 Å². The average molecular weight is 395 g/mol. The molecular weight excluding hydrogens is 360 g/mol. The van der Waals surface area contributed by atoms with E-state index in [1.54, 1.807) is 0 Å². The summed E-state index contributed by atoms with van der Waals surface area (Å²) in [6, 6.07) is 4.38. The summed E-state index contributed by atoms with van der Waals surface area (Å²) in [5.74, 6) is 1.63. The maximum atomic E-state index is 5.79. The molecule has 0 saturated carbocycles. The molecule has 2 aliphatic heterocycles. The summed E-state index contributed by atoms with van der Waals surface area (Å²) in [5.41, 5.74) is 0. The first-order valence-electron chi connectivity index (χ1n) is 10.2. The van der Waals surface area contributed by atoms with Gasteiger partial charge in [0, 0.05) is 44.8 Å². The van der Waals surface area contributed by atoms with Crippen LogP contribution < -0.4 is 10.6 Å². The third kappa shape index (κ3) is 7.41. The summed E-state index contributed by atoms with van der Waals surface area (Å²) >= 11 is 1.86. The number of ether oxygens (including phenoxy) is 2. The summed E-state index contributed by atoms with van der Waals surface area (Å²) in [5, 5.41) is 9.05. The van der Waals surface area contributed by atoms with Crippen LogP contribution in [0.25, 0.3) is 0 Å². The van der Waals surface area contributed by atoms with Gasteiger partial charge in [-0.1, -0.05) is 6.07 Å². The first-order chi connectivity index (χ1) is 13.3. The Kier molecular flexibility index (Phi) is 8.87. The minimum atomic E-state index is 0.299. The molecule has 1 aromatic heterocycles. The maximum Gasteiger partial charge on any atom is 0.190 e. The van der Waals surface area contributed by atoms with E-state index < -0.39 is 0 Å². The van der Waals surface area contributed by atoms with Crippen LogP contribution in [0.2, 0.25) is 0 Å². The van der Waals surface area contributed by atoms with Crippen LogP contribution in [0, 0.1) is 5.92 Å². The monoisotopic (exact) mass is 394 g/mol. The molecule has 0 spiro atoms. The Bertz CT molecular complexity index is 538. The predicted molar refractivity (Wildman–Crippen MR) is 111 cm³/mol. The van der Waals surface area contributed by atoms with Crippen LogP contribution in [0.15, 0.2) is 22.5 Å². The van der Waals surface area contributed by atoms with Crippen molar-refractivity contribution in [3.8, 4) is 0 Å². The van der Waals surface area contributed by atoms with Crippen molar-refractivity contribution < 1.29 is 9.47 Å². The van der Waals surface area contributed by atoms with E-state index in [2.05, 4.69) is 38.0 Å². The lowest BCUT2D eigenvalue weighted by atomic mass is 9.97. The van der Waals surface area contributed by atoms with Gasteiger partial charge in [0.2, 0.25) is 0 Å². The summed E-state index contributed by atoms with van der Waals surface area (Å²) in [7, 11) is 1.84. The molecule has 1 aromatic rings. The first-order valence-corrected chi connectivity index (χ1v) is 11.1. The molecule has 1 unspecified atom stereocenters. The van der Waals surface area contributed by atoms with Crippen molar-refractivity contribution in [1.82, 2.24) is 15.5 Å². The molecule has 2 fully saturated rings. The van der Waals surface area contributed by atoms with Crippen LogP contribution in [0.5, 0.6) is 0 Å². The Balaban J connectivity index is 1.23. The van der Waals surface area contributed by atoms with Crippen molar-refractivity contribution in [2.24, 2.45) is 10.9 Å². The predicted octanol–water partition coefficient (Wildman–Crippen LogP) is 2.32. The van der Waals surface area contributed by atoms with E-state index in [1.165, 1.54) is 30.8 Å². The number of guanidine groups is 1. The van der Waals surface area contributed by atoms with Gasteiger partial charge in [-0.3, -0.25) is 9.89 Å². The molecule has 2 N–H and O–H groups in total. The zero-order valence-electron chi connectivity index (χ0n) is 16.5. The lowest BCUT2D eigenvalue weighted by Crippen LogP contribution is -2.43. The summed E-state index contributed by atoms with van der Waals surface area (Å²) in [6.07, 6.45) is 4.83. The van der Waals surface area contributed by atoms with Gasteiger partial charge in [-0.25, -0.2) is 0 Å². The van der Waals surface area contributed by atoms with Gasteiger partial charge in [-0.15, -0.1) is 11.3 Å². The molecule has 27 heavy (non-hydrogen) atoms. The van der Waals surface area contributed by atoms with Crippen LogP contribution in [-0.2, 0) is 16.0 Å². The van der Waals surface area contributed by atoms with Crippen LogP contribution >= 0.6 is 11.3 Å². The standard InChI is InChI=1S/C20H34N4O2S/c1-21-20(22-8-3-11-26-18-7-12-25-16-18)23-14-17-5-9-24(10-6-17)15-19-4-2-13-27-19/h2,4,13,17-18H,3,5-12,14-16H2,1H3,(H2,21,22,23). The molecular formula is C20H34N4O2S. The second-order valence-electron chi connectivity index (χ2n) is 7.39. The number of nitrogens with zero attached hydrogens (tertiary/aromatic N) is 2. The largest absolute Gasteiger partial charge is 0.379 e. The highest BCUT2D eigenvalue weighted by atomic mass is 32.1. The van der Waals surface area contributed by atoms with Crippen LogP contribution in [0.1, 0.15) is 30.6 Å². The number of aliphatic imine (C=N–C) groups is 1. The van der Waals surface area contributed by atoms with E-state index in [4.69, 9.17) is 9.47 Å². The molecule has 2 aliphatic rings. The fourth-order valence-electron chi connectivity index (χ4n) is 3.61. The quantitative estimate of drug-likeness (QED) is 0.382. The fraction of sp³-hybridized carbons (Fsp3) is 0.750. The van der Waals surface area contributed by atoms with Gasteiger partial charge in [0.15, 0.2) is 5.96 Å². The van der Waals surface area contributed by atoms with Gasteiger partial charge in [0.25, 0.3) is 0 Å². The second kappa shape index (κ2) is 11.6. The van der Waals surface area contributed by atoms with Crippen LogP contribution in [0.4, 0.5) is 0 Å². The third-order valence-corrected chi connectivity index (χ3v) is 6.16. The molecule has 7 heteroatoms. The summed E-state index contributed by atoms with van der Waals surface area (Å²) < 4.78 is 11.1. The SMILES string of the molecule is CN=C(NCCCOC1CCOC1)NCC1CCN(Cc2cccs2)CC1. The molecule has 0 bridgehead atoms. The lowest BCUT2D eigenvalue weighted by molar-refractivity contribution is 0.0420. The molecule has 0 radical (unpaired) electrons. The molecule has 1 atom stereocenters. The van der Waals surface area contributed by atoms with Gasteiger partial charge in [-0.2, -0.15) is 0 Å². The Morgan fingerprint density at radius 1 is 1.33 bits per heavy atom. The first kappa shape index (κ1) is 20.6. The molecule has 3 heterocycles. The number of hydrogen-bond donors (Lipinski definition) is 2. The third-order valence-electron chi connectivity index (χ3n) is 5.30. The number of thiophene rings is 1. The highest BCUT2D eigenvalue weighted by molar-refractivity contribution is 7.09. The van der Waals surface area contributed by atoms with E-state index >= 15 is 0 Å². The Morgan fingerprint density at radius 2 is 2.22 bits per heavy atom. The number of nitrogens with one attached hydrogen (secondary N) is 2. The van der Waals surface area contributed by atoms with Crippen LogP contribution in [0.3, 0.4) is 0 Å². The van der Waals surface area contributed by atoms with Crippen molar-refractivity contribution in [2.75, 3.05) is 53.0 Å². The van der Waals surface area contributed by atoms with Crippen molar-refractivity contribution in [3.63, 3.8) is 0 Å². The maximum absolute atomic E-state index is 5.79. The normalized spacial score (nSPS) is 22.3.